The Balaban J connectivity index is 1.50. The van der Waals surface area contributed by atoms with Gasteiger partial charge in [0.25, 0.3) is 5.91 Å². The number of fused-ring (bicyclic) bond motifs is 1. The zero-order valence-electron chi connectivity index (χ0n) is 15.5. The molecule has 138 valence electrons. The van der Waals surface area contributed by atoms with E-state index in [0.717, 1.165) is 30.8 Å². The van der Waals surface area contributed by atoms with Crippen LogP contribution in [0.15, 0.2) is 71.3 Å². The van der Waals surface area contributed by atoms with Gasteiger partial charge in [0.05, 0.1) is 12.3 Å². The maximum atomic E-state index is 12.6. The molecule has 0 spiro atoms. The molecule has 4 nitrogen and oxygen atoms in total. The van der Waals surface area contributed by atoms with Crippen LogP contribution in [-0.2, 0) is 13.0 Å². The number of aryl methyl sites for hydroxylation is 1. The van der Waals surface area contributed by atoms with E-state index in [1.807, 2.05) is 43.3 Å². The van der Waals surface area contributed by atoms with Crippen LogP contribution in [0.5, 0.6) is 0 Å². The molecule has 0 bridgehead atoms. The Morgan fingerprint density at radius 3 is 2.74 bits per heavy atom. The van der Waals surface area contributed by atoms with Crippen LogP contribution in [0.4, 0.5) is 0 Å². The molecule has 2 aromatic carbocycles. The second-order valence-electron chi connectivity index (χ2n) is 7.10. The Morgan fingerprint density at radius 1 is 1.11 bits per heavy atom. The van der Waals surface area contributed by atoms with Crippen molar-refractivity contribution in [3.63, 3.8) is 0 Å². The fourth-order valence-electron chi connectivity index (χ4n) is 3.75. The van der Waals surface area contributed by atoms with E-state index in [9.17, 15) is 4.79 Å². The number of nitrogens with one attached hydrogen (secondary N) is 1. The lowest BCUT2D eigenvalue weighted by Crippen LogP contribution is -2.40. The molecule has 0 aliphatic carbocycles. The molecule has 27 heavy (non-hydrogen) atoms. The van der Waals surface area contributed by atoms with Crippen LogP contribution >= 0.6 is 0 Å². The summed E-state index contributed by atoms with van der Waals surface area (Å²) in [5.41, 5.74) is 4.54. The second-order valence-corrected chi connectivity index (χ2v) is 7.10. The number of carbonyl (C=O) groups is 1. The van der Waals surface area contributed by atoms with Gasteiger partial charge in [0.2, 0.25) is 0 Å². The fourth-order valence-corrected chi connectivity index (χ4v) is 3.75. The minimum Gasteiger partial charge on any atom is -0.468 e. The number of rotatable bonds is 5. The van der Waals surface area contributed by atoms with Crippen molar-refractivity contribution in [3.05, 3.63) is 94.9 Å². The van der Waals surface area contributed by atoms with Gasteiger partial charge in [-0.1, -0.05) is 42.0 Å². The minimum atomic E-state index is -0.0485. The van der Waals surface area contributed by atoms with E-state index in [1.165, 1.54) is 11.1 Å². The first-order chi connectivity index (χ1) is 13.2. The number of carbonyl (C=O) groups excluding carboxylic acids is 1. The molecule has 0 saturated carbocycles. The van der Waals surface area contributed by atoms with E-state index >= 15 is 0 Å². The minimum absolute atomic E-state index is 0.0158. The van der Waals surface area contributed by atoms with Gasteiger partial charge >= 0.3 is 0 Å². The Hall–Kier alpha value is -2.85. The van der Waals surface area contributed by atoms with Crippen molar-refractivity contribution in [2.24, 2.45) is 0 Å². The Labute approximate surface area is 159 Å². The highest BCUT2D eigenvalue weighted by Crippen LogP contribution is 2.28. The van der Waals surface area contributed by atoms with Crippen molar-refractivity contribution in [1.82, 2.24) is 10.2 Å². The SMILES string of the molecule is Cc1cccc(C(=O)NC[C@@H](c2ccco2)N2CCc3ccccc3C2)c1. The van der Waals surface area contributed by atoms with Gasteiger partial charge in [0, 0.05) is 25.2 Å². The Morgan fingerprint density at radius 2 is 1.96 bits per heavy atom. The molecule has 0 radical (unpaired) electrons. The van der Waals surface area contributed by atoms with Gasteiger partial charge in [0.1, 0.15) is 5.76 Å². The predicted octanol–water partition coefficient (Wildman–Crippen LogP) is 4.12. The number of furan rings is 1. The molecule has 0 unspecified atom stereocenters. The Bertz CT molecular complexity index is 918. The fraction of sp³-hybridized carbons (Fsp3) is 0.261. The lowest BCUT2D eigenvalue weighted by molar-refractivity contribution is 0.0919. The number of amides is 1. The first-order valence-electron chi connectivity index (χ1n) is 9.40. The van der Waals surface area contributed by atoms with Gasteiger partial charge in [-0.2, -0.15) is 0 Å². The van der Waals surface area contributed by atoms with E-state index in [-0.39, 0.29) is 11.9 Å². The average molecular weight is 360 g/mol. The highest BCUT2D eigenvalue weighted by atomic mass is 16.3. The van der Waals surface area contributed by atoms with Crippen LogP contribution in [0.2, 0.25) is 0 Å². The van der Waals surface area contributed by atoms with E-state index in [4.69, 9.17) is 4.42 Å². The normalized spacial score (nSPS) is 15.1. The molecule has 3 aromatic rings. The highest BCUT2D eigenvalue weighted by Gasteiger charge is 2.27. The second kappa shape index (κ2) is 7.80. The third-order valence-electron chi connectivity index (χ3n) is 5.21. The van der Waals surface area contributed by atoms with E-state index in [2.05, 4.69) is 34.5 Å². The van der Waals surface area contributed by atoms with E-state index < -0.39 is 0 Å². The molecule has 0 saturated heterocycles. The van der Waals surface area contributed by atoms with E-state index in [0.29, 0.717) is 12.1 Å². The smallest absolute Gasteiger partial charge is 0.251 e. The van der Waals surface area contributed by atoms with Crippen molar-refractivity contribution in [1.29, 1.82) is 0 Å². The lowest BCUT2D eigenvalue weighted by Gasteiger charge is -2.34. The standard InChI is InChI=1S/C23H24N2O2/c1-17-6-4-9-19(14-17)23(26)24-15-21(22-10-5-13-27-22)25-12-11-18-7-2-3-8-20(18)16-25/h2-10,13-14,21H,11-12,15-16H2,1H3,(H,24,26)/t21-/m0/s1. The number of nitrogens with zero attached hydrogens (tertiary/aromatic N) is 1. The lowest BCUT2D eigenvalue weighted by atomic mass is 9.98. The number of hydrogen-bond acceptors (Lipinski definition) is 3. The highest BCUT2D eigenvalue weighted by molar-refractivity contribution is 5.94. The largest absolute Gasteiger partial charge is 0.468 e. The monoisotopic (exact) mass is 360 g/mol. The topological polar surface area (TPSA) is 45.5 Å². The van der Waals surface area contributed by atoms with Crippen molar-refractivity contribution >= 4 is 5.91 Å². The third kappa shape index (κ3) is 3.96. The van der Waals surface area contributed by atoms with Crippen molar-refractivity contribution < 1.29 is 9.21 Å². The van der Waals surface area contributed by atoms with Gasteiger partial charge in [-0.3, -0.25) is 9.69 Å². The van der Waals surface area contributed by atoms with Crippen LogP contribution in [-0.4, -0.2) is 23.9 Å². The van der Waals surface area contributed by atoms with Gasteiger partial charge in [-0.05, 0) is 48.7 Å². The molecule has 1 atom stereocenters. The maximum absolute atomic E-state index is 12.6. The summed E-state index contributed by atoms with van der Waals surface area (Å²) in [6.45, 7) is 4.32. The molecule has 1 amide bonds. The average Bonchev–Trinajstić information content (AvgIpc) is 3.22. The third-order valence-corrected chi connectivity index (χ3v) is 5.21. The van der Waals surface area contributed by atoms with Gasteiger partial charge in [-0.25, -0.2) is 0 Å². The molecule has 2 heterocycles. The van der Waals surface area contributed by atoms with Crippen LogP contribution in [0, 0.1) is 6.92 Å². The molecule has 1 aliphatic heterocycles. The van der Waals surface area contributed by atoms with Gasteiger partial charge < -0.3 is 9.73 Å². The molecule has 4 rings (SSSR count). The maximum Gasteiger partial charge on any atom is 0.251 e. The number of benzene rings is 2. The van der Waals surface area contributed by atoms with Crippen molar-refractivity contribution in [3.8, 4) is 0 Å². The summed E-state index contributed by atoms with van der Waals surface area (Å²) in [6, 6.07) is 20.2. The molecular formula is C23H24N2O2. The molecular weight excluding hydrogens is 336 g/mol. The summed E-state index contributed by atoms with van der Waals surface area (Å²) in [4.78, 5) is 15.0. The van der Waals surface area contributed by atoms with Crippen molar-refractivity contribution in [2.45, 2.75) is 25.9 Å². The van der Waals surface area contributed by atoms with Crippen LogP contribution in [0.3, 0.4) is 0 Å². The van der Waals surface area contributed by atoms with Crippen LogP contribution in [0.1, 0.15) is 38.9 Å². The molecule has 1 aliphatic rings. The van der Waals surface area contributed by atoms with E-state index in [1.54, 1.807) is 6.26 Å². The van der Waals surface area contributed by atoms with Gasteiger partial charge in [0.15, 0.2) is 0 Å². The zero-order chi connectivity index (χ0) is 18.6. The number of hydrogen-bond donors (Lipinski definition) is 1. The molecule has 0 fully saturated rings. The quantitative estimate of drug-likeness (QED) is 0.744. The van der Waals surface area contributed by atoms with Gasteiger partial charge in [-0.15, -0.1) is 0 Å². The zero-order valence-corrected chi connectivity index (χ0v) is 15.5. The first kappa shape index (κ1) is 17.6. The Kier molecular flexibility index (Phi) is 5.07. The van der Waals surface area contributed by atoms with Crippen LogP contribution < -0.4 is 5.32 Å². The molecule has 1 aromatic heterocycles. The molecule has 4 heteroatoms. The summed E-state index contributed by atoms with van der Waals surface area (Å²) in [6.07, 6.45) is 2.71. The van der Waals surface area contributed by atoms with Crippen molar-refractivity contribution in [2.75, 3.05) is 13.1 Å². The summed E-state index contributed by atoms with van der Waals surface area (Å²) in [5.74, 6) is 0.839. The summed E-state index contributed by atoms with van der Waals surface area (Å²) in [7, 11) is 0. The summed E-state index contributed by atoms with van der Waals surface area (Å²) < 4.78 is 5.70. The van der Waals surface area contributed by atoms with Crippen LogP contribution in [0.25, 0.3) is 0 Å². The molecule has 1 N–H and O–H groups in total. The first-order valence-corrected chi connectivity index (χ1v) is 9.40. The summed E-state index contributed by atoms with van der Waals surface area (Å²) in [5, 5.41) is 3.10. The predicted molar refractivity (Wildman–Crippen MR) is 106 cm³/mol. The summed E-state index contributed by atoms with van der Waals surface area (Å²) >= 11 is 0.